The molecule has 2 rings (SSSR count). The molecule has 126 valence electrons. The van der Waals surface area contributed by atoms with Crippen molar-refractivity contribution in [2.75, 3.05) is 5.32 Å². The number of nitrogens with zero attached hydrogens (tertiary/aromatic N) is 2. The van der Waals surface area contributed by atoms with Crippen LogP contribution in [0.15, 0.2) is 34.8 Å². The van der Waals surface area contributed by atoms with Crippen LogP contribution in [0.3, 0.4) is 0 Å². The SMILES string of the molecule is Cc1ccc(NC(=O)c2ccc(Br)cc2C(=O)OC(C)(C)C)nn1. The summed E-state index contributed by atoms with van der Waals surface area (Å²) in [5, 5.41) is 10.4. The first kappa shape index (κ1) is 18.1. The molecule has 0 aliphatic carbocycles. The number of carbonyl (C=O) groups excluding carboxylic acids is 2. The van der Waals surface area contributed by atoms with Gasteiger partial charge < -0.3 is 10.1 Å². The third-order valence-corrected chi connectivity index (χ3v) is 3.38. The Balaban J connectivity index is 2.30. The summed E-state index contributed by atoms with van der Waals surface area (Å²) in [7, 11) is 0. The first-order valence-corrected chi connectivity index (χ1v) is 8.09. The van der Waals surface area contributed by atoms with Crippen molar-refractivity contribution in [3.63, 3.8) is 0 Å². The van der Waals surface area contributed by atoms with Gasteiger partial charge in [-0.25, -0.2) is 4.79 Å². The van der Waals surface area contributed by atoms with E-state index in [1.165, 1.54) is 0 Å². The Morgan fingerprint density at radius 2 is 1.79 bits per heavy atom. The van der Waals surface area contributed by atoms with E-state index in [-0.39, 0.29) is 11.1 Å². The molecule has 1 aromatic carbocycles. The fourth-order valence-corrected chi connectivity index (χ4v) is 2.23. The number of rotatable bonds is 3. The average Bonchev–Trinajstić information content (AvgIpc) is 2.47. The van der Waals surface area contributed by atoms with Gasteiger partial charge in [0, 0.05) is 4.47 Å². The highest BCUT2D eigenvalue weighted by molar-refractivity contribution is 9.10. The van der Waals surface area contributed by atoms with Gasteiger partial charge in [-0.2, -0.15) is 5.10 Å². The third-order valence-electron chi connectivity index (χ3n) is 2.88. The molecule has 0 bridgehead atoms. The molecule has 1 amide bonds. The fourth-order valence-electron chi connectivity index (χ4n) is 1.87. The van der Waals surface area contributed by atoms with E-state index in [4.69, 9.17) is 4.74 Å². The summed E-state index contributed by atoms with van der Waals surface area (Å²) in [6.07, 6.45) is 0. The smallest absolute Gasteiger partial charge is 0.339 e. The number of esters is 1. The zero-order chi connectivity index (χ0) is 17.9. The van der Waals surface area contributed by atoms with E-state index in [9.17, 15) is 9.59 Å². The second-order valence-corrected chi connectivity index (χ2v) is 7.12. The largest absolute Gasteiger partial charge is 0.456 e. The number of nitrogens with one attached hydrogen (secondary N) is 1. The number of hydrogen-bond donors (Lipinski definition) is 1. The van der Waals surface area contributed by atoms with Crippen molar-refractivity contribution in [3.05, 3.63) is 51.6 Å². The van der Waals surface area contributed by atoms with Crippen LogP contribution in [-0.2, 0) is 4.74 Å². The summed E-state index contributed by atoms with van der Waals surface area (Å²) >= 11 is 3.31. The molecule has 0 saturated heterocycles. The van der Waals surface area contributed by atoms with Gasteiger partial charge in [-0.1, -0.05) is 15.9 Å². The van der Waals surface area contributed by atoms with Gasteiger partial charge in [0.1, 0.15) is 5.60 Å². The molecule has 0 atom stereocenters. The molecule has 2 aromatic rings. The average molecular weight is 392 g/mol. The zero-order valence-electron chi connectivity index (χ0n) is 13.9. The first-order chi connectivity index (χ1) is 11.2. The van der Waals surface area contributed by atoms with E-state index in [1.54, 1.807) is 58.0 Å². The summed E-state index contributed by atoms with van der Waals surface area (Å²) in [5.41, 5.74) is 0.466. The molecule has 0 aliphatic rings. The molecule has 0 fully saturated rings. The number of hydrogen-bond acceptors (Lipinski definition) is 5. The molecular formula is C17H18BrN3O3. The van der Waals surface area contributed by atoms with Gasteiger partial charge >= 0.3 is 5.97 Å². The molecule has 0 radical (unpaired) electrons. The summed E-state index contributed by atoms with van der Waals surface area (Å²) in [6.45, 7) is 7.10. The summed E-state index contributed by atoms with van der Waals surface area (Å²) < 4.78 is 6.04. The Bertz CT molecular complexity index is 768. The molecule has 0 spiro atoms. The lowest BCUT2D eigenvalue weighted by Crippen LogP contribution is -2.26. The third kappa shape index (κ3) is 4.86. The van der Waals surface area contributed by atoms with Crippen LogP contribution in [0.5, 0.6) is 0 Å². The highest BCUT2D eigenvalue weighted by Crippen LogP contribution is 2.21. The van der Waals surface area contributed by atoms with Gasteiger partial charge in [0.25, 0.3) is 5.91 Å². The van der Waals surface area contributed by atoms with Crippen LogP contribution in [0.4, 0.5) is 5.82 Å². The maximum absolute atomic E-state index is 12.5. The molecule has 6 nitrogen and oxygen atoms in total. The monoisotopic (exact) mass is 391 g/mol. The van der Waals surface area contributed by atoms with Crippen molar-refractivity contribution in [2.24, 2.45) is 0 Å². The Morgan fingerprint density at radius 1 is 1.08 bits per heavy atom. The normalized spacial score (nSPS) is 11.0. The number of anilines is 1. The quantitative estimate of drug-likeness (QED) is 0.805. The second kappa shape index (κ2) is 7.09. The van der Waals surface area contributed by atoms with E-state index in [0.717, 1.165) is 5.69 Å². The minimum absolute atomic E-state index is 0.178. The summed E-state index contributed by atoms with van der Waals surface area (Å²) in [5.74, 6) is -0.714. The number of ether oxygens (including phenoxy) is 1. The fraction of sp³-hybridized carbons (Fsp3) is 0.294. The number of aryl methyl sites for hydroxylation is 1. The number of halogens is 1. The van der Waals surface area contributed by atoms with Crippen molar-refractivity contribution in [3.8, 4) is 0 Å². The van der Waals surface area contributed by atoms with Crippen LogP contribution in [0.2, 0.25) is 0 Å². The van der Waals surface area contributed by atoms with Crippen LogP contribution >= 0.6 is 15.9 Å². The van der Waals surface area contributed by atoms with Crippen LogP contribution in [0, 0.1) is 6.92 Å². The van der Waals surface area contributed by atoms with E-state index >= 15 is 0 Å². The first-order valence-electron chi connectivity index (χ1n) is 7.30. The predicted octanol–water partition coefficient (Wildman–Crippen LogP) is 3.76. The minimum atomic E-state index is -0.657. The Labute approximate surface area is 148 Å². The number of aromatic nitrogens is 2. The Morgan fingerprint density at radius 3 is 2.38 bits per heavy atom. The number of amides is 1. The molecule has 1 aromatic heterocycles. The molecule has 0 saturated carbocycles. The molecule has 1 heterocycles. The minimum Gasteiger partial charge on any atom is -0.456 e. The van der Waals surface area contributed by atoms with Crippen LogP contribution in [0.1, 0.15) is 47.2 Å². The molecule has 24 heavy (non-hydrogen) atoms. The number of carbonyl (C=O) groups is 2. The molecule has 0 unspecified atom stereocenters. The Kier molecular flexibility index (Phi) is 5.33. The number of benzene rings is 1. The maximum Gasteiger partial charge on any atom is 0.339 e. The van der Waals surface area contributed by atoms with Crippen LogP contribution in [-0.4, -0.2) is 27.7 Å². The molecular weight excluding hydrogens is 374 g/mol. The van der Waals surface area contributed by atoms with E-state index < -0.39 is 17.5 Å². The van der Waals surface area contributed by atoms with Crippen LogP contribution in [0.25, 0.3) is 0 Å². The second-order valence-electron chi connectivity index (χ2n) is 6.21. The van der Waals surface area contributed by atoms with Gasteiger partial charge in [0.15, 0.2) is 5.82 Å². The standard InChI is InChI=1S/C17H18BrN3O3/c1-10-5-8-14(21-20-10)19-15(22)12-7-6-11(18)9-13(12)16(23)24-17(2,3)4/h5-9H,1-4H3,(H,19,21,22). The highest BCUT2D eigenvalue weighted by atomic mass is 79.9. The lowest BCUT2D eigenvalue weighted by Gasteiger charge is -2.20. The van der Waals surface area contributed by atoms with Gasteiger partial charge in [-0.3, -0.25) is 4.79 Å². The van der Waals surface area contributed by atoms with E-state index in [1.807, 2.05) is 0 Å². The van der Waals surface area contributed by atoms with Crippen molar-refractivity contribution >= 4 is 33.6 Å². The topological polar surface area (TPSA) is 81.2 Å². The van der Waals surface area contributed by atoms with Crippen molar-refractivity contribution in [1.29, 1.82) is 0 Å². The van der Waals surface area contributed by atoms with Gasteiger partial charge in [0.05, 0.1) is 16.8 Å². The van der Waals surface area contributed by atoms with Crippen molar-refractivity contribution in [1.82, 2.24) is 10.2 Å². The summed E-state index contributed by atoms with van der Waals surface area (Å²) in [4.78, 5) is 24.9. The lowest BCUT2D eigenvalue weighted by atomic mass is 10.1. The highest BCUT2D eigenvalue weighted by Gasteiger charge is 2.23. The van der Waals surface area contributed by atoms with Gasteiger partial charge in [-0.05, 0) is 58.0 Å². The van der Waals surface area contributed by atoms with Crippen molar-refractivity contribution < 1.29 is 14.3 Å². The van der Waals surface area contributed by atoms with Gasteiger partial charge in [-0.15, -0.1) is 5.10 Å². The molecule has 0 aliphatic heterocycles. The van der Waals surface area contributed by atoms with Crippen molar-refractivity contribution in [2.45, 2.75) is 33.3 Å². The molecule has 7 heteroatoms. The van der Waals surface area contributed by atoms with E-state index in [0.29, 0.717) is 10.3 Å². The van der Waals surface area contributed by atoms with Crippen LogP contribution < -0.4 is 5.32 Å². The predicted molar refractivity (Wildman–Crippen MR) is 94.0 cm³/mol. The Hall–Kier alpha value is -2.28. The lowest BCUT2D eigenvalue weighted by molar-refractivity contribution is 0.00677. The zero-order valence-corrected chi connectivity index (χ0v) is 15.5. The van der Waals surface area contributed by atoms with E-state index in [2.05, 4.69) is 31.4 Å². The summed E-state index contributed by atoms with van der Waals surface area (Å²) in [6, 6.07) is 8.18. The maximum atomic E-state index is 12.5. The molecule has 1 N–H and O–H groups in total. The van der Waals surface area contributed by atoms with Gasteiger partial charge in [0.2, 0.25) is 0 Å².